The third kappa shape index (κ3) is 0.979. The predicted molar refractivity (Wildman–Crippen MR) is 32.9 cm³/mol. The van der Waals surface area contributed by atoms with Gasteiger partial charge in [-0.25, -0.2) is 4.39 Å². The van der Waals surface area contributed by atoms with Crippen LogP contribution in [-0.2, 0) is 4.79 Å². The molecule has 0 aromatic carbocycles. The van der Waals surface area contributed by atoms with E-state index in [2.05, 4.69) is 0 Å². The molecule has 1 atom stereocenters. The highest BCUT2D eigenvalue weighted by Gasteiger charge is 2.40. The summed E-state index contributed by atoms with van der Waals surface area (Å²) in [5.41, 5.74) is -0.389. The third-order valence-corrected chi connectivity index (χ3v) is 1.97. The van der Waals surface area contributed by atoms with E-state index in [0.29, 0.717) is 12.8 Å². The number of hydrogen-bond donors (Lipinski definition) is 0. The van der Waals surface area contributed by atoms with Gasteiger partial charge in [0.05, 0.1) is 0 Å². The summed E-state index contributed by atoms with van der Waals surface area (Å²) in [7, 11) is 0. The first kappa shape index (κ1) is 6.72. The van der Waals surface area contributed by atoms with Gasteiger partial charge in [-0.3, -0.25) is 4.79 Å². The van der Waals surface area contributed by atoms with Crippen LogP contribution < -0.4 is 0 Å². The maximum atomic E-state index is 12.5. The molecule has 1 saturated carbocycles. The summed E-state index contributed by atoms with van der Waals surface area (Å²) in [5.74, 6) is -0.220. The van der Waals surface area contributed by atoms with E-state index in [1.165, 1.54) is 0 Å². The summed E-state index contributed by atoms with van der Waals surface area (Å²) < 4.78 is 12.5. The topological polar surface area (TPSA) is 17.1 Å². The van der Waals surface area contributed by atoms with Crippen LogP contribution in [0.15, 0.2) is 0 Å². The third-order valence-electron chi connectivity index (χ3n) is 1.97. The molecule has 0 aromatic heterocycles. The van der Waals surface area contributed by atoms with Crippen LogP contribution in [0.4, 0.5) is 4.39 Å². The Labute approximate surface area is 54.3 Å². The molecule has 0 N–H and O–H groups in total. The Bertz CT molecular complexity index is 140. The second-order valence-corrected chi connectivity index (χ2v) is 3.25. The summed E-state index contributed by atoms with van der Waals surface area (Å²) in [5, 5.41) is 0. The van der Waals surface area contributed by atoms with Crippen LogP contribution >= 0.6 is 0 Å². The molecule has 1 nitrogen and oxygen atoms in total. The molecule has 0 aromatic rings. The van der Waals surface area contributed by atoms with Gasteiger partial charge >= 0.3 is 0 Å². The first-order chi connectivity index (χ1) is 4.04. The van der Waals surface area contributed by atoms with Gasteiger partial charge in [-0.15, -0.1) is 0 Å². The number of alkyl halides is 1. The quantitative estimate of drug-likeness (QED) is 0.488. The van der Waals surface area contributed by atoms with Crippen molar-refractivity contribution in [2.75, 3.05) is 0 Å². The minimum absolute atomic E-state index is 0.220. The van der Waals surface area contributed by atoms with Gasteiger partial charge in [-0.05, 0) is 12.8 Å². The molecule has 0 amide bonds. The zero-order chi connectivity index (χ0) is 7.07. The lowest BCUT2D eigenvalue weighted by Crippen LogP contribution is -2.21. The molecule has 1 rings (SSSR count). The number of carbonyl (C=O) groups excluding carboxylic acids is 1. The molecular formula is C7H11FO. The van der Waals surface area contributed by atoms with Crippen LogP contribution in [-0.4, -0.2) is 12.0 Å². The number of carbonyl (C=O) groups is 1. The molecule has 0 radical (unpaired) electrons. The van der Waals surface area contributed by atoms with Crippen molar-refractivity contribution in [1.29, 1.82) is 0 Å². The van der Waals surface area contributed by atoms with Gasteiger partial charge in [-0.1, -0.05) is 13.8 Å². The molecule has 0 heterocycles. The highest BCUT2D eigenvalue weighted by atomic mass is 19.1. The molecule has 1 unspecified atom stereocenters. The largest absolute Gasteiger partial charge is 0.296 e. The molecule has 52 valence electrons. The molecule has 0 aliphatic heterocycles. The van der Waals surface area contributed by atoms with Crippen molar-refractivity contribution in [2.24, 2.45) is 5.41 Å². The van der Waals surface area contributed by atoms with Gasteiger partial charge in [0.1, 0.15) is 0 Å². The second-order valence-electron chi connectivity index (χ2n) is 3.25. The number of hydrogen-bond acceptors (Lipinski definition) is 1. The predicted octanol–water partition coefficient (Wildman–Crippen LogP) is 1.71. The molecule has 1 aliphatic carbocycles. The van der Waals surface area contributed by atoms with E-state index < -0.39 is 6.17 Å². The fraction of sp³-hybridized carbons (Fsp3) is 0.857. The van der Waals surface area contributed by atoms with Gasteiger partial charge in [0.15, 0.2) is 12.0 Å². The summed E-state index contributed by atoms with van der Waals surface area (Å²) in [6, 6.07) is 0. The highest BCUT2D eigenvalue weighted by Crippen LogP contribution is 2.34. The highest BCUT2D eigenvalue weighted by molar-refractivity contribution is 5.90. The molecule has 0 bridgehead atoms. The molecule has 1 fully saturated rings. The second kappa shape index (κ2) is 1.79. The first-order valence-electron chi connectivity index (χ1n) is 3.22. The Morgan fingerprint density at radius 3 is 2.33 bits per heavy atom. The molecule has 2 heteroatoms. The van der Waals surface area contributed by atoms with E-state index >= 15 is 0 Å². The van der Waals surface area contributed by atoms with E-state index in [1.54, 1.807) is 13.8 Å². The maximum Gasteiger partial charge on any atom is 0.172 e. The van der Waals surface area contributed by atoms with Gasteiger partial charge in [0.25, 0.3) is 0 Å². The Morgan fingerprint density at radius 1 is 1.67 bits per heavy atom. The van der Waals surface area contributed by atoms with Crippen molar-refractivity contribution in [3.8, 4) is 0 Å². The van der Waals surface area contributed by atoms with E-state index in [0.717, 1.165) is 0 Å². The monoisotopic (exact) mass is 130 g/mol. The first-order valence-corrected chi connectivity index (χ1v) is 3.22. The van der Waals surface area contributed by atoms with E-state index in [4.69, 9.17) is 0 Å². The van der Waals surface area contributed by atoms with Gasteiger partial charge in [0, 0.05) is 5.41 Å². The Kier molecular flexibility index (Phi) is 1.34. The van der Waals surface area contributed by atoms with Crippen molar-refractivity contribution in [3.05, 3.63) is 0 Å². The number of Topliss-reactive ketones (excluding diaryl/α,β-unsaturated/α-hetero) is 1. The van der Waals surface area contributed by atoms with E-state index in [1.807, 2.05) is 0 Å². The van der Waals surface area contributed by atoms with Crippen LogP contribution in [0.2, 0.25) is 0 Å². The average molecular weight is 130 g/mol. The lowest BCUT2D eigenvalue weighted by molar-refractivity contribution is -0.128. The minimum Gasteiger partial charge on any atom is -0.296 e. The number of ketones is 1. The Hall–Kier alpha value is -0.400. The van der Waals surface area contributed by atoms with Crippen molar-refractivity contribution >= 4 is 5.78 Å². The van der Waals surface area contributed by atoms with Crippen LogP contribution in [0.5, 0.6) is 0 Å². The summed E-state index contributed by atoms with van der Waals surface area (Å²) in [4.78, 5) is 10.9. The molecule has 9 heavy (non-hydrogen) atoms. The van der Waals surface area contributed by atoms with Gasteiger partial charge in [0.2, 0.25) is 0 Å². The molecule has 1 aliphatic rings. The normalized spacial score (nSPS) is 33.2. The van der Waals surface area contributed by atoms with Crippen molar-refractivity contribution in [1.82, 2.24) is 0 Å². The van der Waals surface area contributed by atoms with E-state index in [9.17, 15) is 9.18 Å². The van der Waals surface area contributed by atoms with Gasteiger partial charge in [-0.2, -0.15) is 0 Å². The Balaban J connectivity index is 2.74. The minimum atomic E-state index is -1.18. The van der Waals surface area contributed by atoms with Gasteiger partial charge < -0.3 is 0 Å². The van der Waals surface area contributed by atoms with Crippen LogP contribution in [0.3, 0.4) is 0 Å². The smallest absolute Gasteiger partial charge is 0.172 e. The maximum absolute atomic E-state index is 12.5. The van der Waals surface area contributed by atoms with Crippen LogP contribution in [0.25, 0.3) is 0 Å². The number of rotatable bonds is 0. The lowest BCUT2D eigenvalue weighted by atomic mass is 9.91. The number of halogens is 1. The lowest BCUT2D eigenvalue weighted by Gasteiger charge is -2.12. The standard InChI is InChI=1S/C7H11FO/c1-7(2)4-3-5(8)6(7)9/h5H,3-4H2,1-2H3. The average Bonchev–Trinajstić information content (AvgIpc) is 1.97. The summed E-state index contributed by atoms with van der Waals surface area (Å²) >= 11 is 0. The Morgan fingerprint density at radius 2 is 2.22 bits per heavy atom. The summed E-state index contributed by atoms with van der Waals surface area (Å²) in [6.07, 6.45) is -0.0567. The van der Waals surface area contributed by atoms with Crippen LogP contribution in [0, 0.1) is 5.41 Å². The molecule has 0 spiro atoms. The SMILES string of the molecule is CC1(C)CCC(F)C1=O. The zero-order valence-electron chi connectivity index (χ0n) is 5.78. The van der Waals surface area contributed by atoms with Crippen molar-refractivity contribution in [3.63, 3.8) is 0 Å². The molecular weight excluding hydrogens is 119 g/mol. The zero-order valence-corrected chi connectivity index (χ0v) is 5.78. The molecule has 0 saturated heterocycles. The van der Waals surface area contributed by atoms with E-state index in [-0.39, 0.29) is 11.2 Å². The summed E-state index contributed by atoms with van der Waals surface area (Å²) in [6.45, 7) is 3.60. The fourth-order valence-electron chi connectivity index (χ4n) is 1.17. The van der Waals surface area contributed by atoms with Crippen LogP contribution in [0.1, 0.15) is 26.7 Å². The van der Waals surface area contributed by atoms with Crippen molar-refractivity contribution in [2.45, 2.75) is 32.9 Å². The van der Waals surface area contributed by atoms with Crippen molar-refractivity contribution < 1.29 is 9.18 Å². The fourth-order valence-corrected chi connectivity index (χ4v) is 1.17.